The van der Waals surface area contributed by atoms with Gasteiger partial charge in [-0.2, -0.15) is 0 Å². The fraction of sp³-hybridized carbons (Fsp3) is 0.125. The van der Waals surface area contributed by atoms with Gasteiger partial charge in [0, 0.05) is 5.02 Å². The van der Waals surface area contributed by atoms with Crippen molar-refractivity contribution in [2.24, 2.45) is 0 Å². The lowest BCUT2D eigenvalue weighted by Crippen LogP contribution is -2.49. The Labute approximate surface area is 221 Å². The third kappa shape index (κ3) is 8.75. The van der Waals surface area contributed by atoms with Crippen molar-refractivity contribution >= 4 is 56.7 Å². The average Bonchev–Trinajstić information content (AvgIpc) is 2.85. The van der Waals surface area contributed by atoms with Crippen LogP contribution in [0.25, 0.3) is 0 Å². The fourth-order valence-corrected chi connectivity index (χ4v) is 3.65. The third-order valence-electron chi connectivity index (χ3n) is 4.28. The predicted molar refractivity (Wildman–Crippen MR) is 140 cm³/mol. The summed E-state index contributed by atoms with van der Waals surface area (Å²) < 4.78 is 17.3. The summed E-state index contributed by atoms with van der Waals surface area (Å²) >= 11 is 14.3. The summed E-state index contributed by atoms with van der Waals surface area (Å²) in [5, 5.41) is 2.92. The highest BCUT2D eigenvalue weighted by molar-refractivity contribution is 9.10. The van der Waals surface area contributed by atoms with Crippen LogP contribution in [0.1, 0.15) is 10.4 Å². The summed E-state index contributed by atoms with van der Waals surface area (Å²) in [6, 6.07) is 21.0. The van der Waals surface area contributed by atoms with Crippen molar-refractivity contribution in [1.29, 1.82) is 0 Å². The zero-order chi connectivity index (χ0) is 25.0. The second-order valence-corrected chi connectivity index (χ2v) is 8.52. The topological polar surface area (TPSA) is 97.9 Å². The van der Waals surface area contributed by atoms with E-state index in [1.165, 1.54) is 0 Å². The van der Waals surface area contributed by atoms with Gasteiger partial charge in [-0.1, -0.05) is 41.9 Å². The van der Waals surface area contributed by atoms with Crippen molar-refractivity contribution in [2.75, 3.05) is 19.8 Å². The number of hydrazine groups is 1. The molecule has 0 saturated carbocycles. The van der Waals surface area contributed by atoms with Crippen LogP contribution < -0.4 is 30.4 Å². The second kappa shape index (κ2) is 13.5. The van der Waals surface area contributed by atoms with E-state index in [0.717, 1.165) is 5.75 Å². The molecule has 0 aliphatic carbocycles. The molecule has 0 radical (unpaired) electrons. The van der Waals surface area contributed by atoms with Crippen LogP contribution in [0.15, 0.2) is 77.3 Å². The number of rotatable bonds is 9. The molecular formula is C24H21BrClN3O5S. The van der Waals surface area contributed by atoms with Gasteiger partial charge in [0.2, 0.25) is 0 Å². The highest BCUT2D eigenvalue weighted by Gasteiger charge is 2.14. The van der Waals surface area contributed by atoms with Crippen LogP contribution in [-0.2, 0) is 4.79 Å². The first kappa shape index (κ1) is 26.3. The van der Waals surface area contributed by atoms with E-state index in [1.807, 2.05) is 30.3 Å². The number of thiocarbonyl (C=S) groups is 1. The first-order chi connectivity index (χ1) is 16.9. The molecule has 0 aliphatic heterocycles. The monoisotopic (exact) mass is 577 g/mol. The molecule has 2 amide bonds. The molecule has 11 heteroatoms. The number of carbonyl (C=O) groups excluding carboxylic acids is 2. The fourth-order valence-electron chi connectivity index (χ4n) is 2.71. The molecule has 3 aromatic carbocycles. The van der Waals surface area contributed by atoms with E-state index in [-0.39, 0.29) is 23.9 Å². The summed E-state index contributed by atoms with van der Waals surface area (Å²) in [5.41, 5.74) is 5.09. The highest BCUT2D eigenvalue weighted by atomic mass is 79.9. The molecule has 3 aromatic rings. The molecule has 0 heterocycles. The number of carbonyl (C=O) groups is 2. The SMILES string of the molecule is O=C(COc1ccc(Cl)cc1Br)NNC(=S)NC(=O)c1ccccc1OCCOc1ccccc1. The van der Waals surface area contributed by atoms with Gasteiger partial charge in [-0.25, -0.2) is 0 Å². The number of para-hydroxylation sites is 2. The molecule has 8 nitrogen and oxygen atoms in total. The summed E-state index contributed by atoms with van der Waals surface area (Å²) in [5.74, 6) is 0.539. The molecule has 0 bridgehead atoms. The maximum absolute atomic E-state index is 12.6. The van der Waals surface area contributed by atoms with Gasteiger partial charge >= 0.3 is 0 Å². The zero-order valence-corrected chi connectivity index (χ0v) is 21.4. The average molecular weight is 579 g/mol. The van der Waals surface area contributed by atoms with E-state index in [4.69, 9.17) is 38.0 Å². The van der Waals surface area contributed by atoms with Gasteiger partial charge in [-0.05, 0) is 70.6 Å². The Bertz CT molecular complexity index is 1180. The van der Waals surface area contributed by atoms with E-state index >= 15 is 0 Å². The first-order valence-electron chi connectivity index (χ1n) is 10.3. The van der Waals surface area contributed by atoms with Crippen LogP contribution in [-0.4, -0.2) is 36.7 Å². The van der Waals surface area contributed by atoms with Crippen molar-refractivity contribution in [1.82, 2.24) is 16.2 Å². The molecular weight excluding hydrogens is 558 g/mol. The predicted octanol–water partition coefficient (Wildman–Crippen LogP) is 4.27. The van der Waals surface area contributed by atoms with Crippen molar-refractivity contribution in [3.8, 4) is 17.2 Å². The Kier molecular flexibility index (Phi) is 10.1. The molecule has 0 aromatic heterocycles. The van der Waals surface area contributed by atoms with Crippen molar-refractivity contribution in [2.45, 2.75) is 0 Å². The maximum atomic E-state index is 12.6. The molecule has 0 unspecified atom stereocenters. The van der Waals surface area contributed by atoms with Gasteiger partial charge in [0.15, 0.2) is 11.7 Å². The third-order valence-corrected chi connectivity index (χ3v) is 5.34. The van der Waals surface area contributed by atoms with Gasteiger partial charge in [0.05, 0.1) is 10.0 Å². The molecule has 0 aliphatic rings. The lowest BCUT2D eigenvalue weighted by molar-refractivity contribution is -0.123. The summed E-state index contributed by atoms with van der Waals surface area (Å²) in [4.78, 5) is 24.7. The summed E-state index contributed by atoms with van der Waals surface area (Å²) in [7, 11) is 0. The van der Waals surface area contributed by atoms with E-state index < -0.39 is 11.8 Å². The van der Waals surface area contributed by atoms with E-state index in [0.29, 0.717) is 27.6 Å². The van der Waals surface area contributed by atoms with Gasteiger partial charge in [0.25, 0.3) is 11.8 Å². The Morgan fingerprint density at radius 3 is 2.34 bits per heavy atom. The van der Waals surface area contributed by atoms with Crippen LogP contribution in [0.3, 0.4) is 0 Å². The lowest BCUT2D eigenvalue weighted by Gasteiger charge is -2.14. The largest absolute Gasteiger partial charge is 0.490 e. The summed E-state index contributed by atoms with van der Waals surface area (Å²) in [6.45, 7) is 0.258. The number of amides is 2. The molecule has 182 valence electrons. The Hall–Kier alpha value is -3.34. The van der Waals surface area contributed by atoms with Crippen molar-refractivity contribution in [3.05, 3.63) is 87.9 Å². The lowest BCUT2D eigenvalue weighted by atomic mass is 10.2. The zero-order valence-electron chi connectivity index (χ0n) is 18.3. The Morgan fingerprint density at radius 2 is 1.57 bits per heavy atom. The molecule has 0 atom stereocenters. The number of benzene rings is 3. The minimum Gasteiger partial charge on any atom is -0.490 e. The molecule has 0 fully saturated rings. The van der Waals surface area contributed by atoms with Gasteiger partial charge in [-0.3, -0.25) is 25.8 Å². The van der Waals surface area contributed by atoms with Crippen molar-refractivity contribution < 1.29 is 23.8 Å². The standard InChI is InChI=1S/C24H21BrClN3O5S/c25-19-14-16(26)10-11-21(19)34-15-22(30)28-29-24(35)27-23(31)18-8-4-5-9-20(18)33-13-12-32-17-6-2-1-3-7-17/h1-11,14H,12-13,15H2,(H,28,30)(H2,27,29,31,35). The number of ether oxygens (including phenoxy) is 3. The smallest absolute Gasteiger partial charge is 0.276 e. The molecule has 0 saturated heterocycles. The van der Waals surface area contributed by atoms with E-state index in [1.54, 1.807) is 42.5 Å². The van der Waals surface area contributed by atoms with Gasteiger partial charge < -0.3 is 14.2 Å². The number of hydrogen-bond donors (Lipinski definition) is 3. The minimum atomic E-state index is -0.509. The van der Waals surface area contributed by atoms with Crippen LogP contribution in [0.5, 0.6) is 17.2 Å². The summed E-state index contributed by atoms with van der Waals surface area (Å²) in [6.07, 6.45) is 0. The maximum Gasteiger partial charge on any atom is 0.276 e. The highest BCUT2D eigenvalue weighted by Crippen LogP contribution is 2.27. The van der Waals surface area contributed by atoms with E-state index in [9.17, 15) is 9.59 Å². The Balaban J connectivity index is 1.42. The van der Waals surface area contributed by atoms with Crippen LogP contribution in [0.4, 0.5) is 0 Å². The molecule has 35 heavy (non-hydrogen) atoms. The van der Waals surface area contributed by atoms with Crippen molar-refractivity contribution in [3.63, 3.8) is 0 Å². The number of nitrogens with one attached hydrogen (secondary N) is 3. The van der Waals surface area contributed by atoms with Crippen LogP contribution in [0, 0.1) is 0 Å². The van der Waals surface area contributed by atoms with Crippen LogP contribution in [0.2, 0.25) is 5.02 Å². The normalized spacial score (nSPS) is 10.1. The Morgan fingerprint density at radius 1 is 0.857 bits per heavy atom. The molecule has 3 N–H and O–H groups in total. The number of hydrogen-bond acceptors (Lipinski definition) is 6. The second-order valence-electron chi connectivity index (χ2n) is 6.83. The minimum absolute atomic E-state index is 0.0989. The van der Waals surface area contributed by atoms with Crippen LogP contribution >= 0.6 is 39.7 Å². The molecule has 3 rings (SSSR count). The van der Waals surface area contributed by atoms with Gasteiger partial charge in [-0.15, -0.1) is 0 Å². The van der Waals surface area contributed by atoms with E-state index in [2.05, 4.69) is 32.1 Å². The van der Waals surface area contributed by atoms with Gasteiger partial charge in [0.1, 0.15) is 30.5 Å². The first-order valence-corrected chi connectivity index (χ1v) is 11.9. The molecule has 0 spiro atoms. The quantitative estimate of drug-likeness (QED) is 0.198. The number of halogens is 2.